The normalized spacial score (nSPS) is 33.5. The van der Waals surface area contributed by atoms with E-state index in [1.807, 2.05) is 0 Å². The Morgan fingerprint density at radius 1 is 1.39 bits per heavy atom. The van der Waals surface area contributed by atoms with Crippen molar-refractivity contribution < 1.29 is 9.84 Å². The van der Waals surface area contributed by atoms with Crippen molar-refractivity contribution in [3.05, 3.63) is 0 Å². The Bertz CT molecular complexity index is 244. The number of ether oxygens (including phenoxy) is 1. The molecule has 0 aromatic heterocycles. The third-order valence-electron chi connectivity index (χ3n) is 4.43. The van der Waals surface area contributed by atoms with Crippen molar-refractivity contribution in [2.24, 2.45) is 5.92 Å². The van der Waals surface area contributed by atoms with Gasteiger partial charge in [0.2, 0.25) is 0 Å². The average molecular weight is 256 g/mol. The number of aliphatic hydroxyl groups is 1. The minimum absolute atomic E-state index is 0.218. The van der Waals surface area contributed by atoms with Crippen LogP contribution in [0.4, 0.5) is 0 Å². The number of likely N-dealkylation sites (N-methyl/N-ethyl adjacent to an activating group) is 1. The topological polar surface area (TPSA) is 35.9 Å². The van der Waals surface area contributed by atoms with Crippen LogP contribution >= 0.6 is 0 Å². The predicted octanol–water partition coefficient (Wildman–Crippen LogP) is 0.800. The highest BCUT2D eigenvalue weighted by Crippen LogP contribution is 2.20. The van der Waals surface area contributed by atoms with E-state index in [0.29, 0.717) is 12.0 Å². The summed E-state index contributed by atoms with van der Waals surface area (Å²) in [4.78, 5) is 4.91. The Kier molecular flexibility index (Phi) is 5.42. The first-order valence-electron chi connectivity index (χ1n) is 7.39. The molecule has 18 heavy (non-hydrogen) atoms. The van der Waals surface area contributed by atoms with Crippen LogP contribution in [0.5, 0.6) is 0 Å². The Labute approximate surface area is 111 Å². The molecule has 2 fully saturated rings. The third kappa shape index (κ3) is 3.67. The fourth-order valence-electron chi connectivity index (χ4n) is 3.17. The van der Waals surface area contributed by atoms with Gasteiger partial charge >= 0.3 is 0 Å². The molecule has 2 rings (SSSR count). The second-order valence-corrected chi connectivity index (χ2v) is 5.86. The van der Waals surface area contributed by atoms with E-state index in [9.17, 15) is 5.11 Å². The lowest BCUT2D eigenvalue weighted by Crippen LogP contribution is -2.45. The number of rotatable bonds is 4. The summed E-state index contributed by atoms with van der Waals surface area (Å²) >= 11 is 0. The maximum atomic E-state index is 10.3. The molecule has 2 aliphatic heterocycles. The van der Waals surface area contributed by atoms with Crippen molar-refractivity contribution in [1.29, 1.82) is 0 Å². The van der Waals surface area contributed by atoms with Gasteiger partial charge in [-0.05, 0) is 39.4 Å². The highest BCUT2D eigenvalue weighted by atomic mass is 16.5. The first kappa shape index (κ1) is 14.3. The van der Waals surface area contributed by atoms with Crippen LogP contribution in [-0.2, 0) is 4.74 Å². The van der Waals surface area contributed by atoms with Gasteiger partial charge in [-0.3, -0.25) is 4.90 Å². The van der Waals surface area contributed by atoms with Crippen LogP contribution < -0.4 is 0 Å². The molecule has 106 valence electrons. The number of hydrogen-bond donors (Lipinski definition) is 1. The van der Waals surface area contributed by atoms with Gasteiger partial charge in [0.1, 0.15) is 0 Å². The zero-order valence-electron chi connectivity index (χ0n) is 11.8. The lowest BCUT2D eigenvalue weighted by atomic mass is 10.0. The van der Waals surface area contributed by atoms with E-state index < -0.39 is 0 Å². The van der Waals surface area contributed by atoms with E-state index in [4.69, 9.17) is 4.74 Å². The van der Waals surface area contributed by atoms with Crippen molar-refractivity contribution in [1.82, 2.24) is 9.80 Å². The molecule has 1 N–H and O–H groups in total. The van der Waals surface area contributed by atoms with E-state index in [0.717, 1.165) is 45.7 Å². The molecule has 2 saturated heterocycles. The molecule has 2 aliphatic rings. The molecule has 2 heterocycles. The Morgan fingerprint density at radius 3 is 2.89 bits per heavy atom. The van der Waals surface area contributed by atoms with Crippen molar-refractivity contribution >= 4 is 0 Å². The quantitative estimate of drug-likeness (QED) is 0.807. The molecule has 3 atom stereocenters. The molecule has 0 aromatic rings. The fraction of sp³-hybridized carbons (Fsp3) is 1.00. The molecule has 0 radical (unpaired) electrons. The number of aliphatic hydroxyl groups excluding tert-OH is 1. The smallest absolute Gasteiger partial charge is 0.0718 e. The second-order valence-electron chi connectivity index (χ2n) is 5.86. The van der Waals surface area contributed by atoms with E-state index in [1.54, 1.807) is 0 Å². The summed E-state index contributed by atoms with van der Waals surface area (Å²) in [5.74, 6) is 0.350. The number of hydrogen-bond acceptors (Lipinski definition) is 4. The molecule has 3 unspecified atom stereocenters. The lowest BCUT2D eigenvalue weighted by Gasteiger charge is -2.33. The first-order chi connectivity index (χ1) is 8.70. The lowest BCUT2D eigenvalue weighted by molar-refractivity contribution is 0.0408. The van der Waals surface area contributed by atoms with Gasteiger partial charge in [-0.1, -0.05) is 6.92 Å². The third-order valence-corrected chi connectivity index (χ3v) is 4.43. The molecule has 0 spiro atoms. The van der Waals surface area contributed by atoms with E-state index >= 15 is 0 Å². The molecular weight excluding hydrogens is 228 g/mol. The van der Waals surface area contributed by atoms with E-state index in [-0.39, 0.29) is 6.10 Å². The van der Waals surface area contributed by atoms with Gasteiger partial charge in [0.15, 0.2) is 0 Å². The van der Waals surface area contributed by atoms with Crippen LogP contribution in [0, 0.1) is 5.92 Å². The van der Waals surface area contributed by atoms with E-state index in [2.05, 4.69) is 23.8 Å². The highest BCUT2D eigenvalue weighted by Gasteiger charge is 2.29. The first-order valence-corrected chi connectivity index (χ1v) is 7.39. The molecule has 0 saturated carbocycles. The van der Waals surface area contributed by atoms with Crippen LogP contribution in [0.1, 0.15) is 26.2 Å². The van der Waals surface area contributed by atoms with Crippen molar-refractivity contribution in [2.75, 3.05) is 46.4 Å². The van der Waals surface area contributed by atoms with Crippen LogP contribution in [0.25, 0.3) is 0 Å². The van der Waals surface area contributed by atoms with Crippen molar-refractivity contribution in [2.45, 2.75) is 38.3 Å². The largest absolute Gasteiger partial charge is 0.391 e. The fourth-order valence-corrected chi connectivity index (χ4v) is 3.17. The standard InChI is InChI=1S/C14H28N2O2/c1-3-13-9-15(2)6-4-7-16(13)10-14(17)12-5-8-18-11-12/h12-14,17H,3-11H2,1-2H3. The van der Waals surface area contributed by atoms with Crippen molar-refractivity contribution in [3.63, 3.8) is 0 Å². The van der Waals surface area contributed by atoms with Crippen LogP contribution in [0.2, 0.25) is 0 Å². The highest BCUT2D eigenvalue weighted by molar-refractivity contribution is 4.82. The molecule has 0 aromatic carbocycles. The van der Waals surface area contributed by atoms with Crippen LogP contribution in [0.15, 0.2) is 0 Å². The van der Waals surface area contributed by atoms with Crippen molar-refractivity contribution in [3.8, 4) is 0 Å². The molecule has 0 amide bonds. The van der Waals surface area contributed by atoms with Gasteiger partial charge in [0.05, 0.1) is 12.7 Å². The Morgan fingerprint density at radius 2 is 2.22 bits per heavy atom. The van der Waals surface area contributed by atoms with Crippen LogP contribution in [-0.4, -0.2) is 73.5 Å². The summed E-state index contributed by atoms with van der Waals surface area (Å²) < 4.78 is 5.38. The summed E-state index contributed by atoms with van der Waals surface area (Å²) in [6.45, 7) is 8.06. The van der Waals surface area contributed by atoms with Gasteiger partial charge in [-0.15, -0.1) is 0 Å². The zero-order chi connectivity index (χ0) is 13.0. The number of nitrogens with zero attached hydrogens (tertiary/aromatic N) is 2. The minimum Gasteiger partial charge on any atom is -0.391 e. The van der Waals surface area contributed by atoms with Gasteiger partial charge in [-0.25, -0.2) is 0 Å². The number of β-amino-alcohol motifs (C(OH)–C–C–N with tert-alkyl or cyclic N) is 1. The summed E-state index contributed by atoms with van der Waals surface area (Å²) in [6, 6.07) is 0.592. The zero-order valence-corrected chi connectivity index (χ0v) is 11.8. The summed E-state index contributed by atoms with van der Waals surface area (Å²) in [7, 11) is 2.20. The van der Waals surface area contributed by atoms with Gasteiger partial charge in [0, 0.05) is 31.7 Å². The molecule has 0 aliphatic carbocycles. The maximum absolute atomic E-state index is 10.3. The maximum Gasteiger partial charge on any atom is 0.0718 e. The second kappa shape index (κ2) is 6.85. The summed E-state index contributed by atoms with van der Waals surface area (Å²) in [5, 5.41) is 10.3. The molecule has 0 bridgehead atoms. The summed E-state index contributed by atoms with van der Waals surface area (Å²) in [6.07, 6.45) is 3.18. The molecular formula is C14H28N2O2. The predicted molar refractivity (Wildman–Crippen MR) is 72.7 cm³/mol. The van der Waals surface area contributed by atoms with Crippen LogP contribution in [0.3, 0.4) is 0 Å². The SMILES string of the molecule is CCC1CN(C)CCCN1CC(O)C1CCOC1. The Hall–Kier alpha value is -0.160. The molecule has 4 nitrogen and oxygen atoms in total. The van der Waals surface area contributed by atoms with Gasteiger partial charge in [0.25, 0.3) is 0 Å². The minimum atomic E-state index is -0.218. The van der Waals surface area contributed by atoms with Gasteiger partial charge < -0.3 is 14.7 Å². The monoisotopic (exact) mass is 256 g/mol. The molecule has 4 heteroatoms. The summed E-state index contributed by atoms with van der Waals surface area (Å²) in [5.41, 5.74) is 0. The average Bonchev–Trinajstić information content (AvgIpc) is 2.83. The van der Waals surface area contributed by atoms with E-state index in [1.165, 1.54) is 13.0 Å². The Balaban J connectivity index is 1.88. The van der Waals surface area contributed by atoms with Gasteiger partial charge in [-0.2, -0.15) is 0 Å².